The van der Waals surface area contributed by atoms with Crippen molar-refractivity contribution < 1.29 is 9.59 Å². The zero-order chi connectivity index (χ0) is 18.4. The summed E-state index contributed by atoms with van der Waals surface area (Å²) in [5.41, 5.74) is 1.98. The highest BCUT2D eigenvalue weighted by molar-refractivity contribution is 7.12. The molecule has 4 nitrogen and oxygen atoms in total. The molecule has 2 aromatic rings. The summed E-state index contributed by atoms with van der Waals surface area (Å²) >= 11 is 1.34. The predicted octanol–water partition coefficient (Wildman–Crippen LogP) is 3.78. The van der Waals surface area contributed by atoms with E-state index in [0.29, 0.717) is 10.4 Å². The lowest BCUT2D eigenvalue weighted by molar-refractivity contribution is 0.0903. The minimum atomic E-state index is -0.0649. The third-order valence-electron chi connectivity index (χ3n) is 4.83. The first-order valence-electron chi connectivity index (χ1n) is 9.28. The van der Waals surface area contributed by atoms with Gasteiger partial charge in [-0.15, -0.1) is 11.3 Å². The van der Waals surface area contributed by atoms with E-state index in [9.17, 15) is 9.59 Å². The van der Waals surface area contributed by atoms with Crippen LogP contribution < -0.4 is 5.32 Å². The Hall–Kier alpha value is -1.98. The molecule has 138 valence electrons. The molecule has 2 heterocycles. The number of carbonyl (C=O) groups excluding carboxylic acids is 2. The van der Waals surface area contributed by atoms with E-state index in [1.54, 1.807) is 11.4 Å². The van der Waals surface area contributed by atoms with Gasteiger partial charge in [0.25, 0.3) is 5.91 Å². The van der Waals surface area contributed by atoms with Gasteiger partial charge in [0.1, 0.15) is 0 Å². The first-order chi connectivity index (χ1) is 12.6. The summed E-state index contributed by atoms with van der Waals surface area (Å²) in [6, 6.07) is 12.5. The maximum Gasteiger partial charge on any atom is 0.252 e. The summed E-state index contributed by atoms with van der Waals surface area (Å²) in [4.78, 5) is 26.9. The molecule has 0 unspecified atom stereocenters. The Morgan fingerprint density at radius 1 is 1.27 bits per heavy atom. The molecular formula is C21H26N2O2S. The average Bonchev–Trinajstić information content (AvgIpc) is 3.14. The summed E-state index contributed by atoms with van der Waals surface area (Å²) in [5.74, 6) is -0.0545. The van der Waals surface area contributed by atoms with Gasteiger partial charge in [0.15, 0.2) is 5.78 Å². The zero-order valence-corrected chi connectivity index (χ0v) is 16.1. The van der Waals surface area contributed by atoms with Crippen molar-refractivity contribution in [1.29, 1.82) is 0 Å². The molecule has 0 bridgehead atoms. The van der Waals surface area contributed by atoms with Crippen LogP contribution in [0.15, 0.2) is 41.8 Å². The molecule has 0 spiro atoms. The fraction of sp³-hybridized carbons (Fsp3) is 0.429. The van der Waals surface area contributed by atoms with Gasteiger partial charge in [-0.3, -0.25) is 9.59 Å². The Morgan fingerprint density at radius 2 is 2.08 bits per heavy atom. The van der Waals surface area contributed by atoms with Gasteiger partial charge in [-0.1, -0.05) is 30.3 Å². The van der Waals surface area contributed by atoms with Gasteiger partial charge in [0.05, 0.1) is 10.4 Å². The molecular weight excluding hydrogens is 344 g/mol. The Kier molecular flexibility index (Phi) is 6.58. The van der Waals surface area contributed by atoms with Crippen molar-refractivity contribution in [2.75, 3.05) is 19.6 Å². The Balaban J connectivity index is 1.45. The summed E-state index contributed by atoms with van der Waals surface area (Å²) < 4.78 is 0. The van der Waals surface area contributed by atoms with E-state index in [4.69, 9.17) is 0 Å². The van der Waals surface area contributed by atoms with Gasteiger partial charge in [-0.2, -0.15) is 0 Å². The number of rotatable bonds is 7. The molecule has 1 fully saturated rings. The van der Waals surface area contributed by atoms with Crippen LogP contribution >= 0.6 is 11.3 Å². The second kappa shape index (κ2) is 9.10. The maximum atomic E-state index is 12.4. The molecule has 0 aliphatic carbocycles. The molecule has 1 aromatic heterocycles. The molecule has 1 aromatic carbocycles. The third-order valence-corrected chi connectivity index (χ3v) is 5.86. The molecule has 26 heavy (non-hydrogen) atoms. The minimum absolute atomic E-state index is 0.0105. The van der Waals surface area contributed by atoms with Gasteiger partial charge in [0, 0.05) is 18.0 Å². The lowest BCUT2D eigenvalue weighted by Gasteiger charge is -2.33. The van der Waals surface area contributed by atoms with E-state index < -0.39 is 0 Å². The number of nitrogens with one attached hydrogen (secondary N) is 1. The minimum Gasteiger partial charge on any atom is -0.348 e. The van der Waals surface area contributed by atoms with E-state index >= 15 is 0 Å². The fourth-order valence-corrected chi connectivity index (χ4v) is 4.23. The number of likely N-dealkylation sites (tertiary alicyclic amines) is 1. The van der Waals surface area contributed by atoms with Crippen molar-refractivity contribution in [3.63, 3.8) is 0 Å². The Morgan fingerprint density at radius 3 is 2.81 bits per heavy atom. The normalized spacial score (nSPS) is 17.8. The summed E-state index contributed by atoms with van der Waals surface area (Å²) in [7, 11) is 0. The molecule has 1 saturated heterocycles. The molecule has 1 aliphatic heterocycles. The van der Waals surface area contributed by atoms with E-state index in [1.807, 2.05) is 6.07 Å². The van der Waals surface area contributed by atoms with Crippen molar-refractivity contribution in [3.8, 4) is 0 Å². The van der Waals surface area contributed by atoms with Gasteiger partial charge in [-0.05, 0) is 57.3 Å². The number of amides is 1. The van der Waals surface area contributed by atoms with Crippen molar-refractivity contribution in [3.05, 3.63) is 57.8 Å². The number of thiophene rings is 1. The van der Waals surface area contributed by atoms with Crippen molar-refractivity contribution >= 4 is 23.0 Å². The lowest BCUT2D eigenvalue weighted by atomic mass is 10.0. The van der Waals surface area contributed by atoms with E-state index in [-0.39, 0.29) is 17.7 Å². The van der Waals surface area contributed by atoms with Gasteiger partial charge >= 0.3 is 0 Å². The number of nitrogens with zero attached hydrogens (tertiary/aromatic N) is 1. The van der Waals surface area contributed by atoms with Crippen LogP contribution in [0, 0.1) is 0 Å². The highest BCUT2D eigenvalue weighted by Crippen LogP contribution is 2.17. The van der Waals surface area contributed by atoms with Crippen LogP contribution in [0.25, 0.3) is 0 Å². The topological polar surface area (TPSA) is 49.4 Å². The monoisotopic (exact) mass is 370 g/mol. The number of piperidine rings is 1. The highest BCUT2D eigenvalue weighted by Gasteiger charge is 2.22. The number of carbonyl (C=O) groups is 2. The number of hydrogen-bond acceptors (Lipinski definition) is 4. The van der Waals surface area contributed by atoms with Crippen LogP contribution in [0.5, 0.6) is 0 Å². The van der Waals surface area contributed by atoms with Gasteiger partial charge < -0.3 is 10.2 Å². The van der Waals surface area contributed by atoms with Crippen LogP contribution in [0.1, 0.15) is 51.8 Å². The largest absolute Gasteiger partial charge is 0.348 e. The second-order valence-corrected chi connectivity index (χ2v) is 7.87. The van der Waals surface area contributed by atoms with Crippen molar-refractivity contribution in [2.24, 2.45) is 0 Å². The summed E-state index contributed by atoms with van der Waals surface area (Å²) in [5, 5.41) is 4.91. The molecule has 1 N–H and O–H groups in total. The number of ketones is 1. The van der Waals surface area contributed by atoms with Crippen LogP contribution in [0.3, 0.4) is 0 Å². The van der Waals surface area contributed by atoms with E-state index in [2.05, 4.69) is 34.5 Å². The van der Waals surface area contributed by atoms with Crippen LogP contribution in [0.2, 0.25) is 0 Å². The molecule has 0 radical (unpaired) electrons. The standard InChI is InChI=1S/C21H26N2O2S/c1-16(24)20-13-18(15-26-20)21(25)22-19-10-6-12-23(14-19)11-5-9-17-7-3-2-4-8-17/h2-4,7-8,13,15,19H,5-6,9-12,14H2,1H3,(H,22,25)/t19-/m0/s1. The molecule has 0 saturated carbocycles. The average molecular weight is 371 g/mol. The Bertz CT molecular complexity index is 741. The quantitative estimate of drug-likeness (QED) is 0.755. The smallest absolute Gasteiger partial charge is 0.252 e. The van der Waals surface area contributed by atoms with E-state index in [0.717, 1.165) is 45.3 Å². The maximum absolute atomic E-state index is 12.4. The number of benzene rings is 1. The number of hydrogen-bond donors (Lipinski definition) is 1. The predicted molar refractivity (Wildman–Crippen MR) is 106 cm³/mol. The summed E-state index contributed by atoms with van der Waals surface area (Å²) in [6.07, 6.45) is 4.36. The fourth-order valence-electron chi connectivity index (χ4n) is 3.44. The SMILES string of the molecule is CC(=O)c1cc(C(=O)N[C@H]2CCCN(CCCc3ccccc3)C2)cs1. The third kappa shape index (κ3) is 5.26. The molecule has 1 amide bonds. The van der Waals surface area contributed by atoms with Crippen LogP contribution in [-0.4, -0.2) is 42.3 Å². The zero-order valence-electron chi connectivity index (χ0n) is 15.2. The number of Topliss-reactive ketones (excluding diaryl/α,β-unsaturated/α-hetero) is 1. The molecule has 1 atom stereocenters. The molecule has 3 rings (SSSR count). The van der Waals surface area contributed by atoms with Gasteiger partial charge in [0.2, 0.25) is 0 Å². The van der Waals surface area contributed by atoms with Crippen LogP contribution in [0.4, 0.5) is 0 Å². The van der Waals surface area contributed by atoms with Crippen molar-refractivity contribution in [2.45, 2.75) is 38.6 Å². The second-order valence-electron chi connectivity index (χ2n) is 6.96. The van der Waals surface area contributed by atoms with E-state index in [1.165, 1.54) is 23.8 Å². The number of aryl methyl sites for hydroxylation is 1. The van der Waals surface area contributed by atoms with Gasteiger partial charge in [-0.25, -0.2) is 0 Å². The highest BCUT2D eigenvalue weighted by atomic mass is 32.1. The van der Waals surface area contributed by atoms with Crippen LogP contribution in [-0.2, 0) is 6.42 Å². The Labute approximate surface area is 159 Å². The first kappa shape index (κ1) is 18.8. The molecule has 1 aliphatic rings. The molecule has 5 heteroatoms. The first-order valence-corrected chi connectivity index (χ1v) is 10.2. The summed E-state index contributed by atoms with van der Waals surface area (Å²) in [6.45, 7) is 4.61. The lowest BCUT2D eigenvalue weighted by Crippen LogP contribution is -2.47. The van der Waals surface area contributed by atoms with Crippen molar-refractivity contribution in [1.82, 2.24) is 10.2 Å².